The Bertz CT molecular complexity index is 909. The number of methoxy groups -OCH3 is 2. The van der Waals surface area contributed by atoms with E-state index in [0.29, 0.717) is 25.3 Å². The van der Waals surface area contributed by atoms with Crippen LogP contribution in [0, 0.1) is 5.82 Å². The quantitative estimate of drug-likeness (QED) is 0.735. The minimum Gasteiger partial charge on any atom is -0.494 e. The number of nitrogens with zero attached hydrogens (tertiary/aromatic N) is 3. The van der Waals surface area contributed by atoms with Gasteiger partial charge in [-0.1, -0.05) is 0 Å². The van der Waals surface area contributed by atoms with Crippen molar-refractivity contribution in [2.24, 2.45) is 0 Å². The van der Waals surface area contributed by atoms with Gasteiger partial charge in [0.15, 0.2) is 11.6 Å². The Morgan fingerprint density at radius 3 is 2.67 bits per heavy atom. The van der Waals surface area contributed by atoms with Gasteiger partial charge < -0.3 is 14.2 Å². The fourth-order valence-electron chi connectivity index (χ4n) is 2.83. The number of hydrogen-bond acceptors (Lipinski definition) is 7. The Kier molecular flexibility index (Phi) is 5.76. The van der Waals surface area contributed by atoms with Gasteiger partial charge in [0.2, 0.25) is 21.8 Å². The van der Waals surface area contributed by atoms with Crippen LogP contribution in [-0.2, 0) is 10.0 Å². The first-order chi connectivity index (χ1) is 12.9. The summed E-state index contributed by atoms with van der Waals surface area (Å²) in [5.74, 6) is -0.170. The molecule has 0 spiro atoms. The van der Waals surface area contributed by atoms with Crippen LogP contribution in [0.25, 0.3) is 0 Å². The predicted molar refractivity (Wildman–Crippen MR) is 93.9 cm³/mol. The van der Waals surface area contributed by atoms with Gasteiger partial charge >= 0.3 is 0 Å². The van der Waals surface area contributed by atoms with Crippen molar-refractivity contribution in [2.45, 2.75) is 23.8 Å². The van der Waals surface area contributed by atoms with E-state index in [1.54, 1.807) is 0 Å². The Labute approximate surface area is 157 Å². The van der Waals surface area contributed by atoms with Gasteiger partial charge in [0.25, 0.3) is 0 Å². The summed E-state index contributed by atoms with van der Waals surface area (Å²) in [6, 6.07) is 3.59. The highest BCUT2D eigenvalue weighted by Crippen LogP contribution is 2.26. The average molecular weight is 397 g/mol. The number of benzene rings is 1. The van der Waals surface area contributed by atoms with Crippen LogP contribution in [0.2, 0.25) is 0 Å². The summed E-state index contributed by atoms with van der Waals surface area (Å²) in [5.41, 5.74) is 0. The zero-order chi connectivity index (χ0) is 19.4. The standard InChI is InChI=1S/C17H20FN3O5S/c1-24-15-6-5-13(8-14(15)18)27(22,23)21-7-3-4-12(11-21)26-17-10-19-9-16(20-17)25-2/h5-6,8-10,12H,3-4,7,11H2,1-2H3. The van der Waals surface area contributed by atoms with Gasteiger partial charge in [0.1, 0.15) is 6.10 Å². The van der Waals surface area contributed by atoms with Crippen molar-refractivity contribution < 1.29 is 27.0 Å². The molecule has 2 aromatic rings. The first-order valence-corrected chi connectivity index (χ1v) is 9.74. The van der Waals surface area contributed by atoms with Crippen LogP contribution in [-0.4, -0.2) is 56.1 Å². The molecule has 1 atom stereocenters. The molecule has 1 aliphatic heterocycles. The van der Waals surface area contributed by atoms with Crippen molar-refractivity contribution in [1.82, 2.24) is 14.3 Å². The van der Waals surface area contributed by atoms with E-state index in [1.807, 2.05) is 0 Å². The van der Waals surface area contributed by atoms with Crippen LogP contribution in [0.5, 0.6) is 17.5 Å². The molecule has 0 radical (unpaired) electrons. The first-order valence-electron chi connectivity index (χ1n) is 8.30. The molecule has 0 saturated carbocycles. The maximum absolute atomic E-state index is 13.9. The van der Waals surface area contributed by atoms with E-state index in [1.165, 1.54) is 43.1 Å². The normalized spacial score (nSPS) is 18.1. The molecule has 1 aromatic carbocycles. The topological polar surface area (TPSA) is 90.9 Å². The van der Waals surface area contributed by atoms with Crippen LogP contribution in [0.15, 0.2) is 35.5 Å². The van der Waals surface area contributed by atoms with E-state index in [9.17, 15) is 12.8 Å². The molecule has 0 aliphatic carbocycles. The number of aromatic nitrogens is 2. The lowest BCUT2D eigenvalue weighted by atomic mass is 10.1. The SMILES string of the molecule is COc1cncc(OC2CCCN(S(=O)(=O)c3ccc(OC)c(F)c3)C2)n1. The number of rotatable bonds is 6. The number of sulfonamides is 1. The van der Waals surface area contributed by atoms with Crippen molar-refractivity contribution >= 4 is 10.0 Å². The highest BCUT2D eigenvalue weighted by molar-refractivity contribution is 7.89. The predicted octanol–water partition coefficient (Wildman–Crippen LogP) is 1.87. The van der Waals surface area contributed by atoms with Crippen LogP contribution < -0.4 is 14.2 Å². The van der Waals surface area contributed by atoms with Gasteiger partial charge in [0, 0.05) is 6.54 Å². The van der Waals surface area contributed by atoms with Crippen molar-refractivity contribution in [3.8, 4) is 17.5 Å². The fraction of sp³-hybridized carbons (Fsp3) is 0.412. The molecule has 1 aliphatic rings. The Morgan fingerprint density at radius 2 is 1.96 bits per heavy atom. The molecule has 27 heavy (non-hydrogen) atoms. The molecule has 1 saturated heterocycles. The summed E-state index contributed by atoms with van der Waals surface area (Å²) in [4.78, 5) is 7.96. The molecule has 2 heterocycles. The Hall–Kier alpha value is -2.46. The van der Waals surface area contributed by atoms with Crippen LogP contribution in [0.1, 0.15) is 12.8 Å². The van der Waals surface area contributed by atoms with Crippen molar-refractivity contribution in [2.75, 3.05) is 27.3 Å². The third kappa shape index (κ3) is 4.28. The van der Waals surface area contributed by atoms with Gasteiger partial charge in [0.05, 0.1) is 38.1 Å². The molecule has 3 rings (SSSR count). The highest BCUT2D eigenvalue weighted by atomic mass is 32.2. The smallest absolute Gasteiger partial charge is 0.243 e. The van der Waals surface area contributed by atoms with E-state index in [4.69, 9.17) is 14.2 Å². The molecule has 0 bridgehead atoms. The molecule has 1 unspecified atom stereocenters. The number of hydrogen-bond donors (Lipinski definition) is 0. The maximum Gasteiger partial charge on any atom is 0.243 e. The van der Waals surface area contributed by atoms with Crippen LogP contribution in [0.4, 0.5) is 4.39 Å². The number of ether oxygens (including phenoxy) is 3. The summed E-state index contributed by atoms with van der Waals surface area (Å²) in [6.45, 7) is 0.467. The van der Waals surface area contributed by atoms with Gasteiger partial charge in [-0.15, -0.1) is 0 Å². The number of halogens is 1. The highest BCUT2D eigenvalue weighted by Gasteiger charge is 2.32. The maximum atomic E-state index is 13.9. The van der Waals surface area contributed by atoms with Gasteiger partial charge in [-0.05, 0) is 31.0 Å². The van der Waals surface area contributed by atoms with Crippen molar-refractivity contribution in [3.63, 3.8) is 0 Å². The largest absolute Gasteiger partial charge is 0.494 e. The van der Waals surface area contributed by atoms with E-state index in [2.05, 4.69) is 9.97 Å². The molecule has 1 aromatic heterocycles. The van der Waals surface area contributed by atoms with E-state index in [0.717, 1.165) is 6.07 Å². The summed E-state index contributed by atoms with van der Waals surface area (Å²) in [5, 5.41) is 0. The zero-order valence-electron chi connectivity index (χ0n) is 15.0. The molecule has 0 amide bonds. The van der Waals surface area contributed by atoms with Crippen molar-refractivity contribution in [3.05, 3.63) is 36.4 Å². The summed E-state index contributed by atoms with van der Waals surface area (Å²) in [6.07, 6.45) is 3.78. The summed E-state index contributed by atoms with van der Waals surface area (Å²) < 4.78 is 56.5. The van der Waals surface area contributed by atoms with Crippen LogP contribution >= 0.6 is 0 Å². The number of piperidine rings is 1. The molecular weight excluding hydrogens is 377 g/mol. The minimum absolute atomic E-state index is 0.00889. The molecule has 8 nitrogen and oxygen atoms in total. The second-order valence-corrected chi connectivity index (χ2v) is 7.88. The molecular formula is C17H20FN3O5S. The second-order valence-electron chi connectivity index (χ2n) is 5.94. The lowest BCUT2D eigenvalue weighted by Gasteiger charge is -2.31. The first kappa shape index (κ1) is 19.3. The van der Waals surface area contributed by atoms with E-state index < -0.39 is 21.9 Å². The zero-order valence-corrected chi connectivity index (χ0v) is 15.8. The second kappa shape index (κ2) is 8.05. The molecule has 1 fully saturated rings. The van der Waals surface area contributed by atoms with E-state index in [-0.39, 0.29) is 23.1 Å². The minimum atomic E-state index is -3.85. The van der Waals surface area contributed by atoms with Crippen LogP contribution in [0.3, 0.4) is 0 Å². The summed E-state index contributed by atoms with van der Waals surface area (Å²) in [7, 11) is -1.06. The Balaban J connectivity index is 1.75. The average Bonchev–Trinajstić information content (AvgIpc) is 2.68. The Morgan fingerprint density at radius 1 is 1.19 bits per heavy atom. The van der Waals surface area contributed by atoms with Gasteiger partial charge in [-0.2, -0.15) is 9.29 Å². The fourth-order valence-corrected chi connectivity index (χ4v) is 4.36. The monoisotopic (exact) mass is 397 g/mol. The third-order valence-corrected chi connectivity index (χ3v) is 6.05. The lowest BCUT2D eigenvalue weighted by Crippen LogP contribution is -2.44. The molecule has 0 N–H and O–H groups in total. The van der Waals surface area contributed by atoms with Gasteiger partial charge in [-0.25, -0.2) is 12.8 Å². The molecule has 146 valence electrons. The van der Waals surface area contributed by atoms with Crippen molar-refractivity contribution in [1.29, 1.82) is 0 Å². The summed E-state index contributed by atoms with van der Waals surface area (Å²) >= 11 is 0. The van der Waals surface area contributed by atoms with E-state index >= 15 is 0 Å². The molecule has 10 heteroatoms. The lowest BCUT2D eigenvalue weighted by molar-refractivity contribution is 0.123. The van der Waals surface area contributed by atoms with Gasteiger partial charge in [-0.3, -0.25) is 4.98 Å². The third-order valence-electron chi connectivity index (χ3n) is 4.19.